The zero-order chi connectivity index (χ0) is 22.5. The molecule has 0 aliphatic carbocycles. The van der Waals surface area contributed by atoms with Crippen molar-refractivity contribution < 1.29 is 4.74 Å². The van der Waals surface area contributed by atoms with Gasteiger partial charge >= 0.3 is 0 Å². The van der Waals surface area contributed by atoms with Gasteiger partial charge in [0.2, 0.25) is 11.8 Å². The van der Waals surface area contributed by atoms with Crippen molar-refractivity contribution in [3.63, 3.8) is 0 Å². The minimum Gasteiger partial charge on any atom is -0.476 e. The molecule has 1 fully saturated rings. The molecule has 1 aromatic carbocycles. The molecule has 0 amide bonds. The number of aromatic nitrogens is 5. The number of rotatable bonds is 4. The maximum Gasteiger partial charge on any atom is 0.262 e. The van der Waals surface area contributed by atoms with E-state index in [1.165, 1.54) is 0 Å². The highest BCUT2D eigenvalue weighted by Gasteiger charge is 2.26. The molecule has 32 heavy (non-hydrogen) atoms. The maximum atomic E-state index is 12.7. The Morgan fingerprint density at radius 1 is 1.12 bits per heavy atom. The Morgan fingerprint density at radius 2 is 1.94 bits per heavy atom. The molecule has 0 spiro atoms. The number of nitrogens with zero attached hydrogens (tertiary/aromatic N) is 6. The highest BCUT2D eigenvalue weighted by Crippen LogP contribution is 2.24. The molecule has 0 saturated carbocycles. The van der Waals surface area contributed by atoms with Gasteiger partial charge in [0.05, 0.1) is 29.4 Å². The summed E-state index contributed by atoms with van der Waals surface area (Å²) in [6.07, 6.45) is 2.94. The van der Waals surface area contributed by atoms with Gasteiger partial charge in [-0.1, -0.05) is 32.9 Å². The molecule has 1 saturated heterocycles. The van der Waals surface area contributed by atoms with Crippen LogP contribution >= 0.6 is 0 Å². The zero-order valence-electron chi connectivity index (χ0n) is 18.9. The van der Waals surface area contributed by atoms with Crippen LogP contribution in [0.4, 0.5) is 5.95 Å². The average Bonchev–Trinajstić information content (AvgIpc) is 3.41. The smallest absolute Gasteiger partial charge is 0.262 e. The van der Waals surface area contributed by atoms with E-state index >= 15 is 0 Å². The third kappa shape index (κ3) is 3.70. The molecule has 5 rings (SSSR count). The first kappa shape index (κ1) is 20.5. The van der Waals surface area contributed by atoms with E-state index < -0.39 is 0 Å². The lowest BCUT2D eigenvalue weighted by Gasteiger charge is -2.20. The van der Waals surface area contributed by atoms with Crippen molar-refractivity contribution in [2.24, 2.45) is 13.0 Å². The van der Waals surface area contributed by atoms with Crippen molar-refractivity contribution in [3.8, 4) is 5.88 Å². The van der Waals surface area contributed by atoms with Crippen molar-refractivity contribution in [2.45, 2.75) is 32.6 Å². The van der Waals surface area contributed by atoms with Crippen LogP contribution in [0.3, 0.4) is 0 Å². The number of hydrogen-bond donors (Lipinski definition) is 0. The second-order valence-electron chi connectivity index (χ2n) is 9.56. The topological polar surface area (TPSA) is 77.6 Å². The van der Waals surface area contributed by atoms with E-state index in [2.05, 4.69) is 35.8 Å². The lowest BCUT2D eigenvalue weighted by Crippen LogP contribution is -2.30. The minimum atomic E-state index is -0.0288. The van der Waals surface area contributed by atoms with Crippen LogP contribution in [-0.2, 0) is 12.5 Å². The molecule has 8 nitrogen and oxygen atoms in total. The zero-order valence-corrected chi connectivity index (χ0v) is 18.9. The Morgan fingerprint density at radius 3 is 2.75 bits per heavy atom. The molecule has 4 aromatic rings. The fraction of sp³-hybridized carbons (Fsp3) is 0.417. The number of para-hydroxylation sites is 1. The SMILES string of the molecule is Cn1c(N2CCC(COc3ccc4nc(C(C)(C)C)cn4n3)C2)nc2ccccc2c1=O. The summed E-state index contributed by atoms with van der Waals surface area (Å²) in [5, 5.41) is 5.21. The van der Waals surface area contributed by atoms with Gasteiger partial charge < -0.3 is 9.64 Å². The van der Waals surface area contributed by atoms with E-state index in [1.807, 2.05) is 42.6 Å². The molecule has 1 aliphatic rings. The highest BCUT2D eigenvalue weighted by atomic mass is 16.5. The van der Waals surface area contributed by atoms with Gasteiger partial charge in [-0.25, -0.2) is 14.5 Å². The van der Waals surface area contributed by atoms with Gasteiger partial charge in [-0.05, 0) is 24.6 Å². The van der Waals surface area contributed by atoms with Crippen molar-refractivity contribution in [2.75, 3.05) is 24.6 Å². The predicted octanol–water partition coefficient (Wildman–Crippen LogP) is 3.18. The number of imidazole rings is 1. The Balaban J connectivity index is 1.28. The Hall–Kier alpha value is -3.42. The van der Waals surface area contributed by atoms with Crippen LogP contribution in [0.2, 0.25) is 0 Å². The summed E-state index contributed by atoms with van der Waals surface area (Å²) in [5.41, 5.74) is 2.51. The minimum absolute atomic E-state index is 0.0160. The Kier molecular flexibility index (Phi) is 4.87. The molecule has 166 valence electrons. The van der Waals surface area contributed by atoms with Gasteiger partial charge in [-0.3, -0.25) is 9.36 Å². The molecular formula is C24H28N6O2. The number of anilines is 1. The number of fused-ring (bicyclic) bond motifs is 2. The molecule has 4 heterocycles. The van der Waals surface area contributed by atoms with Crippen LogP contribution in [0.1, 0.15) is 32.9 Å². The van der Waals surface area contributed by atoms with Crippen LogP contribution in [0, 0.1) is 5.92 Å². The summed E-state index contributed by atoms with van der Waals surface area (Å²) in [6.45, 7) is 8.61. The summed E-state index contributed by atoms with van der Waals surface area (Å²) in [7, 11) is 1.79. The first-order valence-corrected chi connectivity index (χ1v) is 11.0. The van der Waals surface area contributed by atoms with Gasteiger partial charge in [0, 0.05) is 37.5 Å². The van der Waals surface area contributed by atoms with E-state index in [-0.39, 0.29) is 11.0 Å². The lowest BCUT2D eigenvalue weighted by molar-refractivity contribution is 0.248. The molecule has 1 atom stereocenters. The monoisotopic (exact) mass is 432 g/mol. The van der Waals surface area contributed by atoms with Gasteiger partial charge in [-0.15, -0.1) is 5.10 Å². The van der Waals surface area contributed by atoms with Gasteiger partial charge in [0.25, 0.3) is 5.56 Å². The Labute approximate surface area is 186 Å². The molecule has 0 bridgehead atoms. The molecule has 8 heteroatoms. The van der Waals surface area contributed by atoms with Gasteiger partial charge in [-0.2, -0.15) is 0 Å². The van der Waals surface area contributed by atoms with E-state index in [4.69, 9.17) is 9.72 Å². The van der Waals surface area contributed by atoms with Crippen LogP contribution in [0.15, 0.2) is 47.4 Å². The summed E-state index contributed by atoms with van der Waals surface area (Å²) in [5.74, 6) is 1.64. The normalized spacial score (nSPS) is 16.9. The van der Waals surface area contributed by atoms with E-state index in [0.29, 0.717) is 29.7 Å². The fourth-order valence-corrected chi connectivity index (χ4v) is 4.15. The molecule has 0 N–H and O–H groups in total. The maximum absolute atomic E-state index is 12.7. The largest absolute Gasteiger partial charge is 0.476 e. The second-order valence-corrected chi connectivity index (χ2v) is 9.56. The highest BCUT2D eigenvalue weighted by molar-refractivity contribution is 5.78. The summed E-state index contributed by atoms with van der Waals surface area (Å²) in [4.78, 5) is 24.3. The van der Waals surface area contributed by atoms with Crippen LogP contribution in [-0.4, -0.2) is 43.8 Å². The van der Waals surface area contributed by atoms with Crippen molar-refractivity contribution in [1.82, 2.24) is 24.1 Å². The van der Waals surface area contributed by atoms with Crippen molar-refractivity contribution in [3.05, 3.63) is 58.6 Å². The predicted molar refractivity (Wildman–Crippen MR) is 124 cm³/mol. The average molecular weight is 433 g/mol. The van der Waals surface area contributed by atoms with Crippen molar-refractivity contribution >= 4 is 22.5 Å². The third-order valence-corrected chi connectivity index (χ3v) is 6.06. The van der Waals surface area contributed by atoms with Gasteiger partial charge in [0.15, 0.2) is 5.65 Å². The summed E-state index contributed by atoms with van der Waals surface area (Å²) in [6, 6.07) is 11.3. The second kappa shape index (κ2) is 7.62. The van der Waals surface area contributed by atoms with Crippen LogP contribution in [0.25, 0.3) is 16.6 Å². The Bertz CT molecular complexity index is 1350. The molecule has 3 aromatic heterocycles. The van der Waals surface area contributed by atoms with Crippen LogP contribution < -0.4 is 15.2 Å². The molecule has 0 radical (unpaired) electrons. The number of benzene rings is 1. The lowest BCUT2D eigenvalue weighted by atomic mass is 9.93. The molecular weight excluding hydrogens is 404 g/mol. The first-order chi connectivity index (χ1) is 15.3. The van der Waals surface area contributed by atoms with Crippen LogP contribution in [0.5, 0.6) is 5.88 Å². The molecule has 1 aliphatic heterocycles. The first-order valence-electron chi connectivity index (χ1n) is 11.0. The fourth-order valence-electron chi connectivity index (χ4n) is 4.15. The van der Waals surface area contributed by atoms with Crippen molar-refractivity contribution in [1.29, 1.82) is 0 Å². The standard InChI is InChI=1S/C24H28N6O2/c1-24(2,3)19-14-30-20(26-19)9-10-21(27-30)32-15-16-11-12-29(13-16)23-25-18-8-6-5-7-17(18)22(31)28(23)4/h5-10,14,16H,11-13,15H2,1-4H3. The van der Waals surface area contributed by atoms with E-state index in [0.717, 1.165) is 36.4 Å². The molecule has 1 unspecified atom stereocenters. The summed E-state index contributed by atoms with van der Waals surface area (Å²) < 4.78 is 9.46. The van der Waals surface area contributed by atoms with Gasteiger partial charge in [0.1, 0.15) is 0 Å². The number of ether oxygens (including phenoxy) is 1. The number of hydrogen-bond acceptors (Lipinski definition) is 6. The van der Waals surface area contributed by atoms with E-state index in [1.54, 1.807) is 16.1 Å². The quantitative estimate of drug-likeness (QED) is 0.493. The summed E-state index contributed by atoms with van der Waals surface area (Å²) >= 11 is 0. The van der Waals surface area contributed by atoms with E-state index in [9.17, 15) is 4.79 Å². The third-order valence-electron chi connectivity index (χ3n) is 6.06.